The molecule has 10 nitrogen and oxygen atoms in total. The molecule has 0 aliphatic carbocycles. The van der Waals surface area contributed by atoms with Gasteiger partial charge in [-0.1, -0.05) is 33.6 Å². The van der Waals surface area contributed by atoms with Crippen LogP contribution in [0.25, 0.3) is 0 Å². The van der Waals surface area contributed by atoms with Crippen molar-refractivity contribution in [2.75, 3.05) is 32.8 Å². The third-order valence-electron chi connectivity index (χ3n) is 5.08. The molecule has 2 rings (SSSR count). The SMILES string of the molecule is CCCC[C@H](CN(O)C=O)C(=O)N[C@H](c1nc(C(=O)N2CCOCC2)co1)C(C)C. The maximum atomic E-state index is 12.9. The van der Waals surface area contributed by atoms with E-state index in [1.54, 1.807) is 4.90 Å². The summed E-state index contributed by atoms with van der Waals surface area (Å²) in [7, 11) is 0. The number of hydrogen-bond acceptors (Lipinski definition) is 7. The van der Waals surface area contributed by atoms with E-state index in [-0.39, 0.29) is 42.3 Å². The van der Waals surface area contributed by atoms with E-state index >= 15 is 0 Å². The lowest BCUT2D eigenvalue weighted by atomic mass is 9.98. The predicted molar refractivity (Wildman–Crippen MR) is 107 cm³/mol. The first kappa shape index (κ1) is 23.8. The number of aromatic nitrogens is 1. The van der Waals surface area contributed by atoms with Crippen LogP contribution >= 0.6 is 0 Å². The minimum atomic E-state index is -0.564. The fraction of sp³-hybridized carbons (Fsp3) is 0.700. The van der Waals surface area contributed by atoms with Crippen LogP contribution in [-0.2, 0) is 14.3 Å². The van der Waals surface area contributed by atoms with Crippen molar-refractivity contribution in [2.24, 2.45) is 11.8 Å². The minimum Gasteiger partial charge on any atom is -0.446 e. The molecule has 3 amide bonds. The molecule has 0 bridgehead atoms. The first-order valence-electron chi connectivity index (χ1n) is 10.4. The second-order valence-corrected chi connectivity index (χ2v) is 7.77. The molecule has 1 aliphatic heterocycles. The third-order valence-corrected chi connectivity index (χ3v) is 5.08. The van der Waals surface area contributed by atoms with Crippen LogP contribution in [0.3, 0.4) is 0 Å². The minimum absolute atomic E-state index is 0.0536. The monoisotopic (exact) mass is 424 g/mol. The van der Waals surface area contributed by atoms with Crippen molar-refractivity contribution in [3.8, 4) is 0 Å². The molecule has 10 heteroatoms. The number of morpholine rings is 1. The van der Waals surface area contributed by atoms with E-state index in [2.05, 4.69) is 10.3 Å². The molecule has 1 aromatic rings. The van der Waals surface area contributed by atoms with Crippen LogP contribution in [0.5, 0.6) is 0 Å². The number of ether oxygens (including phenoxy) is 1. The van der Waals surface area contributed by atoms with Crippen LogP contribution in [0.15, 0.2) is 10.7 Å². The second-order valence-electron chi connectivity index (χ2n) is 7.77. The molecule has 2 heterocycles. The summed E-state index contributed by atoms with van der Waals surface area (Å²) in [6, 6.07) is -0.545. The summed E-state index contributed by atoms with van der Waals surface area (Å²) in [6.45, 7) is 7.70. The molecule has 2 atom stereocenters. The molecule has 0 radical (unpaired) electrons. The van der Waals surface area contributed by atoms with Gasteiger partial charge in [0.25, 0.3) is 5.91 Å². The van der Waals surface area contributed by atoms with Crippen molar-refractivity contribution in [2.45, 2.75) is 46.1 Å². The highest BCUT2D eigenvalue weighted by Gasteiger charge is 2.29. The molecule has 30 heavy (non-hydrogen) atoms. The smallest absolute Gasteiger partial charge is 0.275 e. The number of amides is 3. The van der Waals surface area contributed by atoms with E-state index < -0.39 is 12.0 Å². The summed E-state index contributed by atoms with van der Waals surface area (Å²) >= 11 is 0. The van der Waals surface area contributed by atoms with Gasteiger partial charge in [-0.2, -0.15) is 0 Å². The van der Waals surface area contributed by atoms with Gasteiger partial charge in [0.2, 0.25) is 18.2 Å². The number of oxazole rings is 1. The van der Waals surface area contributed by atoms with Crippen molar-refractivity contribution in [3.05, 3.63) is 17.8 Å². The number of hydroxylamine groups is 2. The lowest BCUT2D eigenvalue weighted by Crippen LogP contribution is -2.41. The second kappa shape index (κ2) is 11.7. The number of hydrogen-bond donors (Lipinski definition) is 2. The van der Waals surface area contributed by atoms with E-state index in [0.717, 1.165) is 12.8 Å². The van der Waals surface area contributed by atoms with E-state index in [1.807, 2.05) is 20.8 Å². The average molecular weight is 424 g/mol. The zero-order valence-electron chi connectivity index (χ0n) is 17.9. The summed E-state index contributed by atoms with van der Waals surface area (Å²) in [6.07, 6.45) is 3.80. The number of carbonyl (C=O) groups is 3. The van der Waals surface area contributed by atoms with Gasteiger partial charge in [0.05, 0.1) is 25.7 Å². The highest BCUT2D eigenvalue weighted by molar-refractivity contribution is 5.92. The standard InChI is InChI=1S/C20H32N4O6/c1-4-5-6-15(11-24(28)13-25)18(26)22-17(14(2)3)19-21-16(12-30-19)20(27)23-7-9-29-10-8-23/h12-15,17,28H,4-11H2,1-3H3,(H,22,26)/t15-,17+/m1/s1. The maximum Gasteiger partial charge on any atom is 0.275 e. The Morgan fingerprint density at radius 1 is 1.37 bits per heavy atom. The fourth-order valence-electron chi connectivity index (χ4n) is 3.27. The fourth-order valence-corrected chi connectivity index (χ4v) is 3.27. The molecular formula is C20H32N4O6. The Labute approximate surface area is 176 Å². The van der Waals surface area contributed by atoms with Gasteiger partial charge in [-0.05, 0) is 12.3 Å². The number of unbranched alkanes of at least 4 members (excludes halogenated alkanes) is 1. The van der Waals surface area contributed by atoms with Crippen molar-refractivity contribution < 1.29 is 28.7 Å². The summed E-state index contributed by atoms with van der Waals surface area (Å²) in [5.41, 5.74) is 0.192. The summed E-state index contributed by atoms with van der Waals surface area (Å²) in [4.78, 5) is 42.2. The van der Waals surface area contributed by atoms with Crippen molar-refractivity contribution in [1.82, 2.24) is 20.3 Å². The Kier molecular flexibility index (Phi) is 9.25. The molecular weight excluding hydrogens is 392 g/mol. The van der Waals surface area contributed by atoms with Gasteiger partial charge in [-0.15, -0.1) is 0 Å². The van der Waals surface area contributed by atoms with Gasteiger partial charge >= 0.3 is 0 Å². The highest BCUT2D eigenvalue weighted by atomic mass is 16.5. The zero-order valence-corrected chi connectivity index (χ0v) is 17.9. The molecule has 0 saturated carbocycles. The summed E-state index contributed by atoms with van der Waals surface area (Å²) < 4.78 is 10.8. The zero-order chi connectivity index (χ0) is 22.1. The summed E-state index contributed by atoms with van der Waals surface area (Å²) in [5, 5.41) is 12.9. The van der Waals surface area contributed by atoms with E-state index in [1.165, 1.54) is 6.26 Å². The van der Waals surface area contributed by atoms with Crippen LogP contribution in [0.2, 0.25) is 0 Å². The number of nitrogens with zero attached hydrogens (tertiary/aromatic N) is 3. The Balaban J connectivity index is 2.10. The van der Waals surface area contributed by atoms with Crippen LogP contribution in [-0.4, -0.2) is 71.2 Å². The molecule has 1 saturated heterocycles. The number of rotatable bonds is 11. The normalized spacial score (nSPS) is 16.2. The first-order valence-corrected chi connectivity index (χ1v) is 10.4. The number of nitrogens with one attached hydrogen (secondary N) is 1. The molecule has 2 N–H and O–H groups in total. The predicted octanol–water partition coefficient (Wildman–Crippen LogP) is 1.61. The van der Waals surface area contributed by atoms with E-state index in [4.69, 9.17) is 9.15 Å². The van der Waals surface area contributed by atoms with Gasteiger partial charge in [0.1, 0.15) is 12.3 Å². The van der Waals surface area contributed by atoms with Crippen molar-refractivity contribution >= 4 is 18.2 Å². The molecule has 168 valence electrons. The molecule has 0 unspecified atom stereocenters. The molecule has 0 aromatic carbocycles. The number of carbonyl (C=O) groups excluding carboxylic acids is 3. The largest absolute Gasteiger partial charge is 0.446 e. The Bertz CT molecular complexity index is 701. The van der Waals surface area contributed by atoms with Crippen LogP contribution in [0, 0.1) is 11.8 Å². The van der Waals surface area contributed by atoms with Crippen molar-refractivity contribution in [1.29, 1.82) is 0 Å². The first-order chi connectivity index (χ1) is 14.4. The Morgan fingerprint density at radius 2 is 2.07 bits per heavy atom. The topological polar surface area (TPSA) is 125 Å². The van der Waals surface area contributed by atoms with Gasteiger partial charge in [0, 0.05) is 13.1 Å². The molecule has 1 fully saturated rings. The molecule has 0 spiro atoms. The van der Waals surface area contributed by atoms with Crippen molar-refractivity contribution in [3.63, 3.8) is 0 Å². The summed E-state index contributed by atoms with van der Waals surface area (Å²) in [5.74, 6) is -0.902. The highest BCUT2D eigenvalue weighted by Crippen LogP contribution is 2.23. The molecule has 1 aromatic heterocycles. The third kappa shape index (κ3) is 6.53. The lowest BCUT2D eigenvalue weighted by Gasteiger charge is -2.26. The Hall–Kier alpha value is -2.46. The van der Waals surface area contributed by atoms with E-state index in [9.17, 15) is 19.6 Å². The maximum absolute atomic E-state index is 12.9. The van der Waals surface area contributed by atoms with Crippen LogP contribution in [0.1, 0.15) is 62.5 Å². The Morgan fingerprint density at radius 3 is 2.67 bits per heavy atom. The van der Waals surface area contributed by atoms with Crippen LogP contribution < -0.4 is 5.32 Å². The van der Waals surface area contributed by atoms with E-state index in [0.29, 0.717) is 37.8 Å². The van der Waals surface area contributed by atoms with Gasteiger partial charge in [-0.25, -0.2) is 10.0 Å². The average Bonchev–Trinajstić information content (AvgIpc) is 3.24. The van der Waals surface area contributed by atoms with Gasteiger partial charge in [0.15, 0.2) is 5.69 Å². The quantitative estimate of drug-likeness (QED) is 0.314. The van der Waals surface area contributed by atoms with Gasteiger partial charge in [-0.3, -0.25) is 19.6 Å². The molecule has 1 aliphatic rings. The lowest BCUT2D eigenvalue weighted by molar-refractivity contribution is -0.154. The van der Waals surface area contributed by atoms with Crippen LogP contribution in [0.4, 0.5) is 0 Å². The van der Waals surface area contributed by atoms with Gasteiger partial charge < -0.3 is 19.4 Å².